The molecule has 1 aliphatic rings. The largest absolute Gasteiger partial charge is 0.507 e. The van der Waals surface area contributed by atoms with Gasteiger partial charge < -0.3 is 14.6 Å². The quantitative estimate of drug-likeness (QED) is 0.307. The van der Waals surface area contributed by atoms with Crippen molar-refractivity contribution in [3.8, 4) is 11.5 Å². The molecule has 6 nitrogen and oxygen atoms in total. The number of ketones is 1. The summed E-state index contributed by atoms with van der Waals surface area (Å²) in [4.78, 5) is 28.2. The summed E-state index contributed by atoms with van der Waals surface area (Å²) in [6.07, 6.45) is 0. The highest BCUT2D eigenvalue weighted by Crippen LogP contribution is 2.43. The molecule has 0 radical (unpaired) electrons. The van der Waals surface area contributed by atoms with Crippen molar-refractivity contribution in [1.29, 1.82) is 0 Å². The zero-order valence-electron chi connectivity index (χ0n) is 19.7. The fourth-order valence-corrected chi connectivity index (χ4v) is 4.35. The second-order valence-electron chi connectivity index (χ2n) is 8.15. The number of rotatable bonds is 6. The van der Waals surface area contributed by atoms with Crippen molar-refractivity contribution in [2.24, 2.45) is 0 Å². The molecule has 1 atom stereocenters. The van der Waals surface area contributed by atoms with E-state index in [-0.39, 0.29) is 11.3 Å². The minimum atomic E-state index is -0.816. The molecule has 6 heteroatoms. The van der Waals surface area contributed by atoms with Gasteiger partial charge in [-0.2, -0.15) is 0 Å². The third kappa shape index (κ3) is 4.03. The molecular formula is C28H27NO5. The molecule has 4 rings (SSSR count). The number of aliphatic hydroxyl groups is 1. The Morgan fingerprint density at radius 2 is 1.74 bits per heavy atom. The third-order valence-electron chi connectivity index (χ3n) is 5.97. The summed E-state index contributed by atoms with van der Waals surface area (Å²) in [6, 6.07) is 19.0. The van der Waals surface area contributed by atoms with Crippen LogP contribution in [0.1, 0.15) is 35.2 Å². The number of amides is 1. The molecule has 0 aromatic heterocycles. The van der Waals surface area contributed by atoms with E-state index in [1.165, 1.54) is 4.90 Å². The number of carbonyl (C=O) groups is 2. The van der Waals surface area contributed by atoms with Crippen LogP contribution in [0.15, 0.2) is 72.3 Å². The van der Waals surface area contributed by atoms with Crippen LogP contribution in [-0.4, -0.2) is 30.5 Å². The Morgan fingerprint density at radius 1 is 0.971 bits per heavy atom. The number of benzene rings is 3. The maximum absolute atomic E-state index is 13.4. The van der Waals surface area contributed by atoms with Crippen LogP contribution in [0.3, 0.4) is 0 Å². The summed E-state index contributed by atoms with van der Waals surface area (Å²) < 4.78 is 11.0. The van der Waals surface area contributed by atoms with Crippen molar-refractivity contribution in [3.63, 3.8) is 0 Å². The van der Waals surface area contributed by atoms with Gasteiger partial charge in [0, 0.05) is 11.3 Å². The standard InChI is InChI=1S/C28H27NO5/c1-5-34-21-11-8-10-19(16-21)25-24(26(30)20-13-14-23(33-4)18(3)15-20)27(31)28(32)29(25)22-12-7-6-9-17(22)2/h6-16,25,30H,5H2,1-4H3/b26-24+. The fraction of sp³-hybridized carbons (Fsp3) is 0.214. The van der Waals surface area contributed by atoms with Crippen LogP contribution in [0.25, 0.3) is 5.76 Å². The number of Topliss-reactive ketones (excluding diaryl/α,β-unsaturated/α-hetero) is 1. The number of nitrogens with zero attached hydrogens (tertiary/aromatic N) is 1. The second kappa shape index (κ2) is 9.43. The van der Waals surface area contributed by atoms with Gasteiger partial charge in [0.25, 0.3) is 11.7 Å². The van der Waals surface area contributed by atoms with E-state index in [1.807, 2.05) is 57.2 Å². The van der Waals surface area contributed by atoms with Gasteiger partial charge in [-0.1, -0.05) is 30.3 Å². The van der Waals surface area contributed by atoms with Crippen molar-refractivity contribution in [2.75, 3.05) is 18.6 Å². The van der Waals surface area contributed by atoms with Crippen LogP contribution in [-0.2, 0) is 9.59 Å². The zero-order valence-corrected chi connectivity index (χ0v) is 19.7. The molecule has 1 unspecified atom stereocenters. The van der Waals surface area contributed by atoms with Crippen LogP contribution in [0.5, 0.6) is 11.5 Å². The summed E-state index contributed by atoms with van der Waals surface area (Å²) in [5.74, 6) is -0.366. The number of anilines is 1. The molecule has 3 aromatic carbocycles. The minimum Gasteiger partial charge on any atom is -0.507 e. The highest BCUT2D eigenvalue weighted by Gasteiger charge is 2.47. The number of para-hydroxylation sites is 1. The van der Waals surface area contributed by atoms with Gasteiger partial charge >= 0.3 is 0 Å². The van der Waals surface area contributed by atoms with Gasteiger partial charge in [-0.05, 0) is 73.9 Å². The maximum Gasteiger partial charge on any atom is 0.300 e. The molecule has 1 saturated heterocycles. The topological polar surface area (TPSA) is 76.1 Å². The molecule has 0 bridgehead atoms. The van der Waals surface area contributed by atoms with Crippen LogP contribution >= 0.6 is 0 Å². The number of hydrogen-bond donors (Lipinski definition) is 1. The van der Waals surface area contributed by atoms with Crippen molar-refractivity contribution in [3.05, 3.63) is 94.6 Å². The first-order valence-corrected chi connectivity index (χ1v) is 11.1. The molecule has 0 aliphatic carbocycles. The first kappa shape index (κ1) is 23.1. The number of hydrogen-bond acceptors (Lipinski definition) is 5. The highest BCUT2D eigenvalue weighted by atomic mass is 16.5. The van der Waals surface area contributed by atoms with Crippen LogP contribution in [0, 0.1) is 13.8 Å². The number of carbonyl (C=O) groups excluding carboxylic acids is 2. The summed E-state index contributed by atoms with van der Waals surface area (Å²) >= 11 is 0. The molecular weight excluding hydrogens is 430 g/mol. The summed E-state index contributed by atoms with van der Waals surface area (Å²) in [5, 5.41) is 11.3. The first-order chi connectivity index (χ1) is 16.4. The van der Waals surface area contributed by atoms with E-state index in [1.54, 1.807) is 37.4 Å². The number of aryl methyl sites for hydroxylation is 2. The number of ether oxygens (including phenoxy) is 2. The monoisotopic (exact) mass is 457 g/mol. The Hall–Kier alpha value is -4.06. The normalized spacial score (nSPS) is 17.2. The average Bonchev–Trinajstić information content (AvgIpc) is 3.09. The molecule has 1 aliphatic heterocycles. The van der Waals surface area contributed by atoms with Crippen molar-refractivity contribution in [2.45, 2.75) is 26.8 Å². The van der Waals surface area contributed by atoms with Crippen LogP contribution in [0.2, 0.25) is 0 Å². The van der Waals surface area contributed by atoms with Gasteiger partial charge in [0.2, 0.25) is 0 Å². The number of aliphatic hydroxyl groups excluding tert-OH is 1. The van der Waals surface area contributed by atoms with E-state index < -0.39 is 17.7 Å². The minimum absolute atomic E-state index is 0.0338. The lowest BCUT2D eigenvalue weighted by Gasteiger charge is -2.27. The molecule has 0 saturated carbocycles. The average molecular weight is 458 g/mol. The molecule has 1 N–H and O–H groups in total. The maximum atomic E-state index is 13.4. The molecule has 1 amide bonds. The molecule has 3 aromatic rings. The van der Waals surface area contributed by atoms with Gasteiger partial charge in [0.15, 0.2) is 0 Å². The van der Waals surface area contributed by atoms with Crippen molar-refractivity contribution < 1.29 is 24.2 Å². The second-order valence-corrected chi connectivity index (χ2v) is 8.15. The number of methoxy groups -OCH3 is 1. The SMILES string of the molecule is CCOc1cccc(C2/C(=C(\O)c3ccc(OC)c(C)c3)C(=O)C(=O)N2c2ccccc2C)c1. The predicted molar refractivity (Wildman–Crippen MR) is 131 cm³/mol. The van der Waals surface area contributed by atoms with E-state index in [4.69, 9.17) is 9.47 Å². The molecule has 1 heterocycles. The Balaban J connectivity index is 1.96. The van der Waals surface area contributed by atoms with Crippen LogP contribution in [0.4, 0.5) is 5.69 Å². The van der Waals surface area contributed by atoms with Gasteiger partial charge in [-0.25, -0.2) is 0 Å². The Labute approximate surface area is 199 Å². The van der Waals surface area contributed by atoms with E-state index in [0.29, 0.717) is 34.9 Å². The van der Waals surface area contributed by atoms with Gasteiger partial charge in [-0.15, -0.1) is 0 Å². The smallest absolute Gasteiger partial charge is 0.300 e. The summed E-state index contributed by atoms with van der Waals surface area (Å²) in [6.45, 7) is 6.10. The van der Waals surface area contributed by atoms with Gasteiger partial charge in [0.1, 0.15) is 17.3 Å². The van der Waals surface area contributed by atoms with Crippen LogP contribution < -0.4 is 14.4 Å². The van der Waals surface area contributed by atoms with E-state index in [0.717, 1.165) is 11.1 Å². The highest BCUT2D eigenvalue weighted by molar-refractivity contribution is 6.51. The zero-order chi connectivity index (χ0) is 24.4. The molecule has 174 valence electrons. The van der Waals surface area contributed by atoms with E-state index in [9.17, 15) is 14.7 Å². The predicted octanol–water partition coefficient (Wildman–Crippen LogP) is 5.34. The van der Waals surface area contributed by atoms with E-state index in [2.05, 4.69) is 0 Å². The third-order valence-corrected chi connectivity index (χ3v) is 5.97. The fourth-order valence-electron chi connectivity index (χ4n) is 4.35. The summed E-state index contributed by atoms with van der Waals surface area (Å²) in [7, 11) is 1.57. The molecule has 0 spiro atoms. The van der Waals surface area contributed by atoms with Crippen molar-refractivity contribution >= 4 is 23.1 Å². The molecule has 1 fully saturated rings. The Bertz CT molecular complexity index is 1290. The lowest BCUT2D eigenvalue weighted by atomic mass is 9.94. The molecule has 34 heavy (non-hydrogen) atoms. The lowest BCUT2D eigenvalue weighted by Crippen LogP contribution is -2.30. The first-order valence-electron chi connectivity index (χ1n) is 11.1. The Morgan fingerprint density at radius 3 is 2.41 bits per heavy atom. The Kier molecular flexibility index (Phi) is 6.41. The van der Waals surface area contributed by atoms with Crippen molar-refractivity contribution in [1.82, 2.24) is 0 Å². The van der Waals surface area contributed by atoms with E-state index >= 15 is 0 Å². The summed E-state index contributed by atoms with van der Waals surface area (Å²) in [5.41, 5.74) is 3.39. The lowest BCUT2D eigenvalue weighted by molar-refractivity contribution is -0.132. The van der Waals surface area contributed by atoms with Gasteiger partial charge in [-0.3, -0.25) is 14.5 Å². The van der Waals surface area contributed by atoms with Gasteiger partial charge in [0.05, 0.1) is 25.3 Å².